The quantitative estimate of drug-likeness (QED) is 0.672. The molecular weight excluding hydrogens is 202 g/mol. The van der Waals surface area contributed by atoms with Crippen LogP contribution in [0, 0.1) is 0 Å². The Morgan fingerprint density at radius 1 is 1.71 bits per heavy atom. The van der Waals surface area contributed by atoms with Gasteiger partial charge in [-0.1, -0.05) is 0 Å². The Hall–Kier alpha value is -0.650. The van der Waals surface area contributed by atoms with E-state index in [9.17, 15) is 9.32 Å². The van der Waals surface area contributed by atoms with Crippen molar-refractivity contribution in [3.05, 3.63) is 24.2 Å². The smallest absolute Gasteiger partial charge is 0.133 e. The highest BCUT2D eigenvalue weighted by Crippen LogP contribution is 2.11. The van der Waals surface area contributed by atoms with Crippen LogP contribution < -0.4 is 5.32 Å². The molecule has 0 fully saturated rings. The van der Waals surface area contributed by atoms with Crippen LogP contribution in [-0.4, -0.2) is 34.4 Å². The number of aliphatic hydroxyl groups excluding tert-OH is 1. The lowest BCUT2D eigenvalue weighted by molar-refractivity contribution is 0.148. The summed E-state index contributed by atoms with van der Waals surface area (Å²) < 4.78 is 15.7. The highest BCUT2D eigenvalue weighted by Gasteiger charge is 2.08. The summed E-state index contributed by atoms with van der Waals surface area (Å²) in [7, 11) is -0.785. The summed E-state index contributed by atoms with van der Waals surface area (Å²) >= 11 is 0. The lowest BCUT2D eigenvalue weighted by Gasteiger charge is -2.08. The summed E-state index contributed by atoms with van der Waals surface area (Å²) in [4.78, 5) is 0. The van der Waals surface area contributed by atoms with E-state index in [2.05, 4.69) is 5.32 Å². The van der Waals surface area contributed by atoms with Crippen LogP contribution in [0.25, 0.3) is 0 Å². The summed E-state index contributed by atoms with van der Waals surface area (Å²) in [6, 6.07) is 3.46. The molecule has 0 radical (unpaired) electrons. The lowest BCUT2D eigenvalue weighted by Crippen LogP contribution is -2.25. The van der Waals surface area contributed by atoms with E-state index in [0.29, 0.717) is 24.6 Å². The van der Waals surface area contributed by atoms with Crippen molar-refractivity contribution < 1.29 is 13.7 Å². The first-order valence-corrected chi connectivity index (χ1v) is 6.15. The molecule has 0 aromatic carbocycles. The average Bonchev–Trinajstić information content (AvgIpc) is 2.64. The van der Waals surface area contributed by atoms with E-state index in [-0.39, 0.29) is 0 Å². The van der Waals surface area contributed by atoms with E-state index < -0.39 is 16.9 Å². The minimum absolute atomic E-state index is 0.421. The second-order valence-electron chi connectivity index (χ2n) is 3.01. The van der Waals surface area contributed by atoms with Crippen LogP contribution in [-0.2, 0) is 10.8 Å². The number of rotatable bonds is 6. The summed E-state index contributed by atoms with van der Waals surface area (Å²) in [6.07, 6.45) is 2.56. The normalized spacial score (nSPS) is 15.3. The van der Waals surface area contributed by atoms with Gasteiger partial charge in [-0.15, -0.1) is 0 Å². The van der Waals surface area contributed by atoms with Crippen LogP contribution >= 0.6 is 0 Å². The van der Waals surface area contributed by atoms with Crippen molar-refractivity contribution in [2.24, 2.45) is 0 Å². The third-order valence-electron chi connectivity index (χ3n) is 1.78. The SMILES string of the molecule is CS(=O)CCNCC(O)c1ccco1. The van der Waals surface area contributed by atoms with Gasteiger partial charge in [0.2, 0.25) is 0 Å². The summed E-state index contributed by atoms with van der Waals surface area (Å²) in [5.74, 6) is 1.15. The van der Waals surface area contributed by atoms with Crippen LogP contribution in [0.2, 0.25) is 0 Å². The van der Waals surface area contributed by atoms with Gasteiger partial charge in [0.05, 0.1) is 6.26 Å². The van der Waals surface area contributed by atoms with E-state index >= 15 is 0 Å². The minimum Gasteiger partial charge on any atom is -0.467 e. The molecule has 2 unspecified atom stereocenters. The Kier molecular flexibility index (Phi) is 4.86. The van der Waals surface area contributed by atoms with Crippen LogP contribution in [0.5, 0.6) is 0 Å². The Labute approximate surface area is 85.8 Å². The van der Waals surface area contributed by atoms with Crippen molar-refractivity contribution >= 4 is 10.8 Å². The second-order valence-corrected chi connectivity index (χ2v) is 4.57. The topological polar surface area (TPSA) is 62.5 Å². The highest BCUT2D eigenvalue weighted by molar-refractivity contribution is 7.84. The highest BCUT2D eigenvalue weighted by atomic mass is 32.2. The Morgan fingerprint density at radius 2 is 2.50 bits per heavy atom. The van der Waals surface area contributed by atoms with Gasteiger partial charge in [-0.2, -0.15) is 0 Å². The van der Waals surface area contributed by atoms with Crippen LogP contribution in [0.15, 0.2) is 22.8 Å². The molecule has 14 heavy (non-hydrogen) atoms. The van der Waals surface area contributed by atoms with E-state index in [0.717, 1.165) is 0 Å². The third-order valence-corrected chi connectivity index (χ3v) is 2.55. The van der Waals surface area contributed by atoms with Crippen molar-refractivity contribution in [2.75, 3.05) is 25.1 Å². The van der Waals surface area contributed by atoms with E-state index in [4.69, 9.17) is 4.42 Å². The van der Waals surface area contributed by atoms with Gasteiger partial charge in [0.1, 0.15) is 11.9 Å². The molecule has 80 valence electrons. The molecule has 1 aromatic rings. The molecule has 0 saturated carbocycles. The van der Waals surface area contributed by atoms with E-state index in [1.54, 1.807) is 18.4 Å². The van der Waals surface area contributed by atoms with Gasteiger partial charge in [-0.25, -0.2) is 0 Å². The van der Waals surface area contributed by atoms with Gasteiger partial charge in [0, 0.05) is 35.9 Å². The molecule has 0 aliphatic carbocycles. The largest absolute Gasteiger partial charge is 0.467 e. The monoisotopic (exact) mass is 217 g/mol. The van der Waals surface area contributed by atoms with Crippen molar-refractivity contribution in [1.82, 2.24) is 5.32 Å². The fourth-order valence-electron chi connectivity index (χ4n) is 1.04. The molecule has 0 aliphatic heterocycles. The molecule has 0 bridgehead atoms. The summed E-state index contributed by atoms with van der Waals surface area (Å²) in [5.41, 5.74) is 0. The standard InChI is InChI=1S/C9H15NO3S/c1-14(12)6-4-10-7-8(11)9-3-2-5-13-9/h2-3,5,8,10-11H,4,6-7H2,1H3. The summed E-state index contributed by atoms with van der Waals surface area (Å²) in [5, 5.41) is 12.5. The van der Waals surface area contributed by atoms with Gasteiger partial charge >= 0.3 is 0 Å². The van der Waals surface area contributed by atoms with Crippen LogP contribution in [0.1, 0.15) is 11.9 Å². The maximum absolute atomic E-state index is 10.7. The van der Waals surface area contributed by atoms with Gasteiger partial charge in [0.25, 0.3) is 0 Å². The van der Waals surface area contributed by atoms with E-state index in [1.807, 2.05) is 0 Å². The second kappa shape index (κ2) is 5.95. The third kappa shape index (κ3) is 4.04. The Balaban J connectivity index is 2.16. The maximum atomic E-state index is 10.7. The molecule has 5 heteroatoms. The zero-order valence-corrected chi connectivity index (χ0v) is 8.92. The molecule has 4 nitrogen and oxygen atoms in total. The fourth-order valence-corrected chi connectivity index (χ4v) is 1.47. The first-order valence-electron chi connectivity index (χ1n) is 4.42. The summed E-state index contributed by atoms with van der Waals surface area (Å²) in [6.45, 7) is 1.06. The number of furan rings is 1. The number of aliphatic hydroxyl groups is 1. The molecule has 0 amide bonds. The van der Waals surface area contributed by atoms with Gasteiger partial charge in [-0.05, 0) is 12.1 Å². The number of nitrogens with one attached hydrogen (secondary N) is 1. The predicted molar refractivity (Wildman–Crippen MR) is 55.5 cm³/mol. The first kappa shape index (κ1) is 11.4. The molecule has 1 aromatic heterocycles. The van der Waals surface area contributed by atoms with Crippen LogP contribution in [0.3, 0.4) is 0 Å². The Bertz CT molecular complexity index is 274. The molecule has 1 heterocycles. The average molecular weight is 217 g/mol. The minimum atomic E-state index is -0.785. The lowest BCUT2D eigenvalue weighted by atomic mass is 10.3. The van der Waals surface area contributed by atoms with Gasteiger partial charge in [-0.3, -0.25) is 4.21 Å². The molecule has 1 rings (SSSR count). The molecule has 0 saturated heterocycles. The number of hydrogen-bond acceptors (Lipinski definition) is 4. The van der Waals surface area contributed by atoms with Crippen molar-refractivity contribution in [1.29, 1.82) is 0 Å². The maximum Gasteiger partial charge on any atom is 0.133 e. The molecule has 0 spiro atoms. The molecule has 2 N–H and O–H groups in total. The number of hydrogen-bond donors (Lipinski definition) is 2. The zero-order chi connectivity index (χ0) is 10.4. The van der Waals surface area contributed by atoms with Gasteiger partial charge in [0.15, 0.2) is 0 Å². The van der Waals surface area contributed by atoms with Crippen molar-refractivity contribution in [3.8, 4) is 0 Å². The molecule has 2 atom stereocenters. The fraction of sp³-hybridized carbons (Fsp3) is 0.556. The van der Waals surface area contributed by atoms with Gasteiger partial charge < -0.3 is 14.8 Å². The van der Waals surface area contributed by atoms with Crippen LogP contribution in [0.4, 0.5) is 0 Å². The Morgan fingerprint density at radius 3 is 3.07 bits per heavy atom. The van der Waals surface area contributed by atoms with E-state index in [1.165, 1.54) is 6.26 Å². The first-order chi connectivity index (χ1) is 6.70. The van der Waals surface area contributed by atoms with Crippen molar-refractivity contribution in [3.63, 3.8) is 0 Å². The molecule has 0 aliphatic rings. The van der Waals surface area contributed by atoms with Crippen molar-refractivity contribution in [2.45, 2.75) is 6.10 Å². The zero-order valence-electron chi connectivity index (χ0n) is 8.10. The predicted octanol–water partition coefficient (Wildman–Crippen LogP) is 0.281. The molecular formula is C9H15NO3S.